The van der Waals surface area contributed by atoms with Crippen molar-refractivity contribution >= 4 is 11.9 Å². The van der Waals surface area contributed by atoms with Crippen molar-refractivity contribution in [3.05, 3.63) is 35.9 Å². The van der Waals surface area contributed by atoms with E-state index in [0.717, 1.165) is 38.5 Å². The van der Waals surface area contributed by atoms with Crippen LogP contribution in [0.2, 0.25) is 0 Å². The average Bonchev–Trinajstić information content (AvgIpc) is 3.10. The Morgan fingerprint density at radius 3 is 2.18 bits per heavy atom. The van der Waals surface area contributed by atoms with Crippen LogP contribution < -0.4 is 0 Å². The summed E-state index contributed by atoms with van der Waals surface area (Å²) in [6.45, 7) is 2.81. The van der Waals surface area contributed by atoms with Gasteiger partial charge in [-0.1, -0.05) is 63.6 Å². The molecule has 14 atom stereocenters. The monoisotopic (exact) mass is 696 g/mol. The van der Waals surface area contributed by atoms with Crippen LogP contribution in [0.25, 0.3) is 0 Å². The van der Waals surface area contributed by atoms with Gasteiger partial charge < -0.3 is 59.1 Å². The van der Waals surface area contributed by atoms with Crippen LogP contribution >= 0.6 is 0 Å². The van der Waals surface area contributed by atoms with Gasteiger partial charge in [0.25, 0.3) is 0 Å². The molecule has 1 unspecified atom stereocenters. The number of benzene rings is 1. The molecule has 5 rings (SSSR count). The van der Waals surface area contributed by atoms with Gasteiger partial charge in [0.2, 0.25) is 0 Å². The van der Waals surface area contributed by atoms with Crippen molar-refractivity contribution in [3.8, 4) is 0 Å². The van der Waals surface area contributed by atoms with Gasteiger partial charge in [-0.05, 0) is 50.2 Å². The maximum Gasteiger partial charge on any atom is 0.338 e. The maximum atomic E-state index is 13.4. The average molecular weight is 697 g/mol. The van der Waals surface area contributed by atoms with Crippen molar-refractivity contribution in [1.29, 1.82) is 0 Å². The van der Waals surface area contributed by atoms with Crippen molar-refractivity contribution in [2.45, 2.75) is 151 Å². The molecule has 14 nitrogen and oxygen atoms in total. The lowest BCUT2D eigenvalue weighted by atomic mass is 9.85. The summed E-state index contributed by atoms with van der Waals surface area (Å²) in [4.78, 5) is 26.0. The number of esters is 1. The fraction of sp³-hybridized carbons (Fsp3) is 0.771. The zero-order valence-electron chi connectivity index (χ0n) is 28.1. The van der Waals surface area contributed by atoms with Gasteiger partial charge in [-0.15, -0.1) is 0 Å². The number of rotatable bonds is 12. The number of ether oxygens (including phenoxy) is 6. The maximum absolute atomic E-state index is 13.4. The van der Waals surface area contributed by atoms with Gasteiger partial charge in [0.15, 0.2) is 24.8 Å². The summed E-state index contributed by atoms with van der Waals surface area (Å²) in [7, 11) is 0. The van der Waals surface area contributed by atoms with Crippen LogP contribution in [-0.2, 0) is 33.2 Å². The molecule has 1 aromatic rings. The van der Waals surface area contributed by atoms with E-state index >= 15 is 0 Å². The Hall–Kier alpha value is -2.24. The number of carbonyl (C=O) groups is 2. The molecule has 0 spiro atoms. The number of carboxylic acid groups (broad SMARTS) is 1. The molecule has 2 saturated heterocycles. The lowest BCUT2D eigenvalue weighted by Crippen LogP contribution is -2.64. The van der Waals surface area contributed by atoms with E-state index in [1.54, 1.807) is 37.3 Å². The highest BCUT2D eigenvalue weighted by Crippen LogP contribution is 2.37. The van der Waals surface area contributed by atoms with Gasteiger partial charge in [0.1, 0.15) is 36.6 Å². The van der Waals surface area contributed by atoms with Crippen LogP contribution in [0.5, 0.6) is 0 Å². The topological polar surface area (TPSA) is 211 Å². The third-order valence-electron chi connectivity index (χ3n) is 10.4. The molecule has 2 aliphatic heterocycles. The Kier molecular flexibility index (Phi) is 13.4. The highest BCUT2D eigenvalue weighted by atomic mass is 16.7. The van der Waals surface area contributed by atoms with Gasteiger partial charge in [-0.2, -0.15) is 0 Å². The molecule has 0 bridgehead atoms. The number of aliphatic hydroxyl groups excluding tert-OH is 5. The molecule has 2 aliphatic carbocycles. The first kappa shape index (κ1) is 38.0. The van der Waals surface area contributed by atoms with Crippen molar-refractivity contribution in [1.82, 2.24) is 0 Å². The Bertz CT molecular complexity index is 1200. The summed E-state index contributed by atoms with van der Waals surface area (Å²) >= 11 is 0. The predicted octanol–water partition coefficient (Wildman–Crippen LogP) is 1.52. The van der Waals surface area contributed by atoms with Crippen LogP contribution in [-0.4, -0.2) is 129 Å². The van der Waals surface area contributed by atoms with Gasteiger partial charge in [0.05, 0.1) is 30.5 Å². The lowest BCUT2D eigenvalue weighted by Gasteiger charge is -2.47. The van der Waals surface area contributed by atoms with Crippen LogP contribution in [0.15, 0.2) is 30.3 Å². The van der Waals surface area contributed by atoms with E-state index in [-0.39, 0.29) is 23.8 Å². The largest absolute Gasteiger partial charge is 0.479 e. The van der Waals surface area contributed by atoms with E-state index in [2.05, 4.69) is 0 Å². The second-order valence-corrected chi connectivity index (χ2v) is 14.0. The third-order valence-corrected chi connectivity index (χ3v) is 10.4. The zero-order valence-corrected chi connectivity index (χ0v) is 28.1. The summed E-state index contributed by atoms with van der Waals surface area (Å²) < 4.78 is 36.5. The van der Waals surface area contributed by atoms with E-state index in [0.29, 0.717) is 12.8 Å². The number of aliphatic hydroxyl groups is 5. The van der Waals surface area contributed by atoms with Crippen molar-refractivity contribution in [3.63, 3.8) is 0 Å². The van der Waals surface area contributed by atoms with E-state index in [1.807, 2.05) is 6.92 Å². The quantitative estimate of drug-likeness (QED) is 0.171. The van der Waals surface area contributed by atoms with Gasteiger partial charge in [-0.3, -0.25) is 0 Å². The third kappa shape index (κ3) is 9.17. The van der Waals surface area contributed by atoms with Gasteiger partial charge in [0, 0.05) is 0 Å². The number of hydrogen-bond acceptors (Lipinski definition) is 13. The van der Waals surface area contributed by atoms with Crippen molar-refractivity contribution < 1.29 is 68.6 Å². The number of hydrogen-bond donors (Lipinski definition) is 6. The fourth-order valence-electron chi connectivity index (χ4n) is 7.48. The highest BCUT2D eigenvalue weighted by Gasteiger charge is 2.52. The second-order valence-electron chi connectivity index (χ2n) is 14.0. The second kappa shape index (κ2) is 17.3. The molecule has 0 aromatic heterocycles. The molecule has 14 heteroatoms. The molecular formula is C35H52O14. The summed E-state index contributed by atoms with van der Waals surface area (Å²) in [6.07, 6.45) is -9.64. The first-order chi connectivity index (χ1) is 23.5. The smallest absolute Gasteiger partial charge is 0.338 e. The molecular weight excluding hydrogens is 644 g/mol. The fourth-order valence-corrected chi connectivity index (χ4v) is 7.48. The summed E-state index contributed by atoms with van der Waals surface area (Å²) in [5.74, 6) is -2.03. The van der Waals surface area contributed by atoms with Gasteiger partial charge in [-0.25, -0.2) is 9.59 Å². The predicted molar refractivity (Wildman–Crippen MR) is 170 cm³/mol. The van der Waals surface area contributed by atoms with Crippen LogP contribution in [0, 0.1) is 11.8 Å². The van der Waals surface area contributed by atoms with Gasteiger partial charge >= 0.3 is 11.9 Å². The minimum absolute atomic E-state index is 0.110. The molecule has 1 aromatic carbocycles. The van der Waals surface area contributed by atoms with Crippen LogP contribution in [0.4, 0.5) is 0 Å². The molecule has 2 heterocycles. The molecule has 0 amide bonds. The van der Waals surface area contributed by atoms with Crippen molar-refractivity contribution in [2.75, 3.05) is 6.61 Å². The number of aliphatic carboxylic acids is 1. The minimum atomic E-state index is -1.58. The number of carbonyl (C=O) groups excluding carboxylic acids is 1. The zero-order chi connectivity index (χ0) is 35.2. The summed E-state index contributed by atoms with van der Waals surface area (Å²) in [5, 5.41) is 63.0. The molecule has 2 saturated carbocycles. The first-order valence-corrected chi connectivity index (χ1v) is 17.6. The number of carboxylic acids is 1. The van der Waals surface area contributed by atoms with E-state index in [1.165, 1.54) is 0 Å². The molecule has 6 N–H and O–H groups in total. The van der Waals surface area contributed by atoms with Crippen LogP contribution in [0.1, 0.15) is 82.0 Å². The Morgan fingerprint density at radius 2 is 1.51 bits per heavy atom. The SMILES string of the molecule is C[C@@H]1OC(O[C@H]2[C@@H](C)CCC[C@H]2O[C@@H]2O[C@H](CO)[C@H](O)[C@H](O[C@@H](CC3CCCCC3)C(=O)O)[C@H]2OC(=O)c2ccccc2)[C@@H](O)[C@H](O)[C@@H]1O. The first-order valence-electron chi connectivity index (χ1n) is 17.6. The van der Waals surface area contributed by atoms with E-state index in [4.69, 9.17) is 28.4 Å². The Balaban J connectivity index is 1.42. The Morgan fingerprint density at radius 1 is 0.796 bits per heavy atom. The lowest BCUT2D eigenvalue weighted by molar-refractivity contribution is -0.348. The summed E-state index contributed by atoms with van der Waals surface area (Å²) in [5.41, 5.74) is 0.196. The van der Waals surface area contributed by atoms with E-state index in [9.17, 15) is 40.2 Å². The summed E-state index contributed by atoms with van der Waals surface area (Å²) in [6, 6.07) is 8.13. The molecule has 49 heavy (non-hydrogen) atoms. The highest BCUT2D eigenvalue weighted by molar-refractivity contribution is 5.89. The van der Waals surface area contributed by atoms with Crippen LogP contribution in [0.3, 0.4) is 0 Å². The minimum Gasteiger partial charge on any atom is -0.479 e. The van der Waals surface area contributed by atoms with Crippen molar-refractivity contribution in [2.24, 2.45) is 11.8 Å². The standard InChI is InChI=1S/C35H52O14/c1-18-10-9-15-22(29(18)49-34-28(40)27(39)25(37)19(2)44-34)46-35-31(48-33(43)21-13-7-4-8-14-21)30(26(38)24(17-36)47-35)45-23(32(41)42)16-20-11-5-3-6-12-20/h4,7-8,13-14,18-20,22-31,34-40H,3,5-6,9-12,15-17H2,1-2H3,(H,41,42)/t18-,19-,22+,23-,24+,25+,26-,27+,28-,29-,30-,31+,34?,35+/m0/s1. The molecule has 4 fully saturated rings. The molecule has 276 valence electrons. The Labute approximate surface area is 286 Å². The molecule has 0 radical (unpaired) electrons. The van der Waals surface area contributed by atoms with E-state index < -0.39 is 98.3 Å². The normalized spacial score (nSPS) is 39.6. The molecule has 4 aliphatic rings.